The van der Waals surface area contributed by atoms with Crippen molar-refractivity contribution in [1.82, 2.24) is 5.32 Å². The number of phosphoric ester groups is 1. The third-order valence-corrected chi connectivity index (χ3v) is 7.37. The van der Waals surface area contributed by atoms with Gasteiger partial charge in [0.15, 0.2) is 0 Å². The Labute approximate surface area is 239 Å². The van der Waals surface area contributed by atoms with Gasteiger partial charge >= 0.3 is 0 Å². The van der Waals surface area contributed by atoms with E-state index in [4.69, 9.17) is 9.05 Å². The van der Waals surface area contributed by atoms with Crippen molar-refractivity contribution in [2.24, 2.45) is 0 Å². The van der Waals surface area contributed by atoms with Crippen molar-refractivity contribution in [2.45, 2.75) is 122 Å². The molecule has 39 heavy (non-hydrogen) atoms. The molecule has 3 unspecified atom stereocenters. The second-order valence-electron chi connectivity index (χ2n) is 11.5. The molecule has 0 aromatic carbocycles. The Kier molecular flexibility index (Phi) is 23.0. The van der Waals surface area contributed by atoms with Crippen LogP contribution in [0, 0.1) is 0 Å². The Bertz CT molecular complexity index is 708. The summed E-state index contributed by atoms with van der Waals surface area (Å²) in [6, 6.07) is -0.881. The summed E-state index contributed by atoms with van der Waals surface area (Å²) in [5.74, 6) is -0.219. The number of unbranched alkanes of at least 4 members (excludes halogenated alkanes) is 11. The summed E-state index contributed by atoms with van der Waals surface area (Å²) in [7, 11) is 1.24. The average molecular weight is 575 g/mol. The molecule has 0 rings (SSSR count). The van der Waals surface area contributed by atoms with Gasteiger partial charge in [0, 0.05) is 6.42 Å². The summed E-state index contributed by atoms with van der Waals surface area (Å²) in [4.78, 5) is 24.8. The highest BCUT2D eigenvalue weighted by Gasteiger charge is 2.23. The highest BCUT2D eigenvalue weighted by molar-refractivity contribution is 7.45. The molecule has 2 N–H and O–H groups in total. The van der Waals surface area contributed by atoms with E-state index >= 15 is 0 Å². The van der Waals surface area contributed by atoms with Gasteiger partial charge in [0.05, 0.1) is 39.9 Å². The van der Waals surface area contributed by atoms with E-state index in [1.807, 2.05) is 27.2 Å². The van der Waals surface area contributed by atoms with Crippen LogP contribution >= 0.6 is 7.82 Å². The molecule has 0 aliphatic heterocycles. The first kappa shape index (κ1) is 38.0. The van der Waals surface area contributed by atoms with Gasteiger partial charge in [-0.2, -0.15) is 0 Å². The quantitative estimate of drug-likeness (QED) is 0.0564. The lowest BCUT2D eigenvalue weighted by atomic mass is 10.1. The number of nitrogens with zero attached hydrogens (tertiary/aromatic N) is 1. The zero-order chi connectivity index (χ0) is 29.4. The van der Waals surface area contributed by atoms with Gasteiger partial charge in [-0.3, -0.25) is 9.36 Å². The van der Waals surface area contributed by atoms with E-state index in [1.54, 1.807) is 6.08 Å². The number of amides is 1. The number of allylic oxidation sites excluding steroid dienone is 3. The summed E-state index contributed by atoms with van der Waals surface area (Å²) in [5, 5.41) is 13.4. The van der Waals surface area contributed by atoms with Gasteiger partial charge in [-0.05, 0) is 44.9 Å². The molecule has 8 nitrogen and oxygen atoms in total. The molecule has 9 heteroatoms. The number of aliphatic hydroxyl groups is 1. The van der Waals surface area contributed by atoms with E-state index in [0.717, 1.165) is 57.8 Å². The molecule has 0 bridgehead atoms. The fourth-order valence-corrected chi connectivity index (χ4v) is 4.57. The molecule has 0 aliphatic carbocycles. The van der Waals surface area contributed by atoms with Crippen LogP contribution in [-0.4, -0.2) is 68.5 Å². The summed E-state index contributed by atoms with van der Waals surface area (Å²) in [6.07, 6.45) is 22.6. The molecule has 0 saturated heterocycles. The maximum absolute atomic E-state index is 12.6. The standard InChI is InChI=1S/C30H59N2O6P/c1-6-8-10-12-13-14-15-16-17-18-20-22-24-30(34)31-28(29(33)23-21-19-11-9-7-2)27-38-39(35,36)37-26-25-32(3,4)5/h13-14,21,23,28-29,33H,6-12,15-20,22,24-27H2,1-5H3,(H-,31,34,35,36)/b14-13-,23-21+. The zero-order valence-electron chi connectivity index (χ0n) is 25.6. The van der Waals surface area contributed by atoms with Crippen LogP contribution in [0.2, 0.25) is 0 Å². The van der Waals surface area contributed by atoms with Gasteiger partial charge in [-0.25, -0.2) is 0 Å². The molecule has 1 amide bonds. The molecule has 0 fully saturated rings. The number of nitrogens with one attached hydrogen (secondary N) is 1. The van der Waals surface area contributed by atoms with Crippen LogP contribution in [0.5, 0.6) is 0 Å². The van der Waals surface area contributed by atoms with Crippen molar-refractivity contribution in [3.63, 3.8) is 0 Å². The minimum atomic E-state index is -4.56. The van der Waals surface area contributed by atoms with Crippen LogP contribution in [0.15, 0.2) is 24.3 Å². The molecular formula is C30H59N2O6P. The predicted molar refractivity (Wildman–Crippen MR) is 159 cm³/mol. The van der Waals surface area contributed by atoms with E-state index in [-0.39, 0.29) is 19.1 Å². The van der Waals surface area contributed by atoms with Gasteiger partial charge < -0.3 is 28.8 Å². The molecule has 0 aromatic rings. The van der Waals surface area contributed by atoms with E-state index in [0.29, 0.717) is 17.4 Å². The van der Waals surface area contributed by atoms with E-state index in [2.05, 4.69) is 31.3 Å². The summed E-state index contributed by atoms with van der Waals surface area (Å²) in [6.45, 7) is 4.45. The number of aliphatic hydroxyl groups excluding tert-OH is 1. The monoisotopic (exact) mass is 574 g/mol. The van der Waals surface area contributed by atoms with Crippen molar-refractivity contribution in [1.29, 1.82) is 0 Å². The van der Waals surface area contributed by atoms with Crippen LogP contribution in [0.25, 0.3) is 0 Å². The number of phosphoric acid groups is 1. The van der Waals surface area contributed by atoms with Gasteiger partial charge in [-0.1, -0.05) is 83.1 Å². The lowest BCUT2D eigenvalue weighted by molar-refractivity contribution is -0.870. The summed E-state index contributed by atoms with van der Waals surface area (Å²) in [5.41, 5.74) is 0. The minimum absolute atomic E-state index is 0.00354. The van der Waals surface area contributed by atoms with Crippen molar-refractivity contribution >= 4 is 13.7 Å². The first-order valence-electron chi connectivity index (χ1n) is 15.2. The Morgan fingerprint density at radius 1 is 0.872 bits per heavy atom. The van der Waals surface area contributed by atoms with Gasteiger partial charge in [0.25, 0.3) is 7.82 Å². The summed E-state index contributed by atoms with van der Waals surface area (Å²) >= 11 is 0. The number of quaternary nitrogens is 1. The molecule has 0 radical (unpaired) electrons. The molecule has 0 saturated carbocycles. The molecular weight excluding hydrogens is 515 g/mol. The molecule has 0 spiro atoms. The number of likely N-dealkylation sites (N-methyl/N-ethyl adjacent to an activating group) is 1. The first-order chi connectivity index (χ1) is 18.5. The SMILES string of the molecule is CCCCC/C=C\CCCCCCCC(=O)NC(COP(=O)([O-])OCC[N+](C)(C)C)C(O)/C=C/CCCCC. The smallest absolute Gasteiger partial charge is 0.268 e. The number of carbonyl (C=O) groups excluding carboxylic acids is 1. The largest absolute Gasteiger partial charge is 0.756 e. The lowest BCUT2D eigenvalue weighted by Gasteiger charge is -2.29. The van der Waals surface area contributed by atoms with Gasteiger partial charge in [0.2, 0.25) is 5.91 Å². The zero-order valence-corrected chi connectivity index (χ0v) is 26.5. The first-order valence-corrected chi connectivity index (χ1v) is 16.7. The number of rotatable bonds is 26. The van der Waals surface area contributed by atoms with Gasteiger partial charge in [0.1, 0.15) is 13.2 Å². The molecule has 0 heterocycles. The van der Waals surface area contributed by atoms with Crippen molar-refractivity contribution in [2.75, 3.05) is 40.9 Å². The van der Waals surface area contributed by atoms with Crippen molar-refractivity contribution in [3.05, 3.63) is 24.3 Å². The van der Waals surface area contributed by atoms with E-state index in [9.17, 15) is 19.4 Å². The summed E-state index contributed by atoms with van der Waals surface area (Å²) < 4.78 is 22.8. The fourth-order valence-electron chi connectivity index (χ4n) is 3.85. The van der Waals surface area contributed by atoms with E-state index in [1.165, 1.54) is 32.1 Å². The average Bonchev–Trinajstić information content (AvgIpc) is 2.86. The Hall–Kier alpha value is -1.02. The van der Waals surface area contributed by atoms with Crippen LogP contribution in [-0.2, 0) is 18.4 Å². The maximum atomic E-state index is 12.6. The highest BCUT2D eigenvalue weighted by atomic mass is 31.2. The maximum Gasteiger partial charge on any atom is 0.268 e. The lowest BCUT2D eigenvalue weighted by Crippen LogP contribution is -2.45. The molecule has 0 aliphatic rings. The Balaban J connectivity index is 4.54. The highest BCUT2D eigenvalue weighted by Crippen LogP contribution is 2.38. The fraction of sp³-hybridized carbons (Fsp3) is 0.833. The second-order valence-corrected chi connectivity index (χ2v) is 12.9. The van der Waals surface area contributed by atoms with Crippen molar-refractivity contribution < 1.29 is 32.9 Å². The third-order valence-electron chi connectivity index (χ3n) is 6.41. The second kappa shape index (κ2) is 23.7. The molecule has 3 atom stereocenters. The Morgan fingerprint density at radius 3 is 2.00 bits per heavy atom. The minimum Gasteiger partial charge on any atom is -0.756 e. The molecule has 0 aromatic heterocycles. The van der Waals surface area contributed by atoms with Crippen LogP contribution in [0.4, 0.5) is 0 Å². The van der Waals surface area contributed by atoms with E-state index < -0.39 is 20.0 Å². The number of hydrogen-bond acceptors (Lipinski definition) is 6. The topological polar surface area (TPSA) is 108 Å². The number of hydrogen-bond donors (Lipinski definition) is 2. The van der Waals surface area contributed by atoms with Gasteiger partial charge in [-0.15, -0.1) is 0 Å². The van der Waals surface area contributed by atoms with Crippen molar-refractivity contribution in [3.8, 4) is 0 Å². The third kappa shape index (κ3) is 25.7. The van der Waals surface area contributed by atoms with Crippen LogP contribution in [0.3, 0.4) is 0 Å². The number of carbonyl (C=O) groups is 1. The molecule has 230 valence electrons. The van der Waals surface area contributed by atoms with Crippen LogP contribution < -0.4 is 10.2 Å². The van der Waals surface area contributed by atoms with Crippen LogP contribution in [0.1, 0.15) is 110 Å². The predicted octanol–water partition coefficient (Wildman–Crippen LogP) is 6.04. The Morgan fingerprint density at radius 2 is 1.41 bits per heavy atom. The normalized spacial score (nSPS) is 15.6.